The second kappa shape index (κ2) is 7.36. The van der Waals surface area contributed by atoms with E-state index >= 15 is 0 Å². The van der Waals surface area contributed by atoms with Crippen LogP contribution in [0.25, 0.3) is 6.08 Å². The van der Waals surface area contributed by atoms with Gasteiger partial charge in [0.1, 0.15) is 11.5 Å². The SMILES string of the molecule is COc1cc(OC)cc(C2C(C(C)(C)C)C(C#N)(C#N)C3c4ccccc4C=CN23)c1. The fourth-order valence-electron chi connectivity index (χ4n) is 5.46. The molecule has 2 aromatic rings. The number of benzene rings is 2. The van der Waals surface area contributed by atoms with Gasteiger partial charge in [-0.3, -0.25) is 0 Å². The van der Waals surface area contributed by atoms with Gasteiger partial charge in [-0.05, 0) is 40.3 Å². The Balaban J connectivity index is 2.02. The highest BCUT2D eigenvalue weighted by Crippen LogP contribution is 2.65. The number of ether oxygens (including phenoxy) is 2. The molecule has 0 bridgehead atoms. The molecule has 0 aromatic heterocycles. The van der Waals surface area contributed by atoms with Crippen molar-refractivity contribution in [1.29, 1.82) is 10.5 Å². The van der Waals surface area contributed by atoms with Crippen LogP contribution in [-0.2, 0) is 0 Å². The van der Waals surface area contributed by atoms with Gasteiger partial charge in [0.05, 0.1) is 38.4 Å². The molecule has 5 heteroatoms. The first kappa shape index (κ1) is 20.8. The van der Waals surface area contributed by atoms with Crippen LogP contribution in [0.3, 0.4) is 0 Å². The van der Waals surface area contributed by atoms with Gasteiger partial charge in [0.25, 0.3) is 0 Å². The molecule has 2 heterocycles. The zero-order valence-corrected chi connectivity index (χ0v) is 18.6. The molecule has 1 saturated heterocycles. The van der Waals surface area contributed by atoms with Crippen molar-refractivity contribution in [3.63, 3.8) is 0 Å². The average Bonchev–Trinajstić information content (AvgIpc) is 3.10. The van der Waals surface area contributed by atoms with Gasteiger partial charge in [0, 0.05) is 18.2 Å². The number of nitrogens with zero attached hydrogens (tertiary/aromatic N) is 3. The summed E-state index contributed by atoms with van der Waals surface area (Å²) in [5.74, 6) is 1.12. The quantitative estimate of drug-likeness (QED) is 0.666. The van der Waals surface area contributed by atoms with Crippen LogP contribution in [0.2, 0.25) is 0 Å². The fraction of sp³-hybridized carbons (Fsp3) is 0.385. The summed E-state index contributed by atoms with van der Waals surface area (Å²) < 4.78 is 11.1. The van der Waals surface area contributed by atoms with E-state index in [4.69, 9.17) is 9.47 Å². The van der Waals surface area contributed by atoms with E-state index in [0.29, 0.717) is 11.5 Å². The predicted octanol–water partition coefficient (Wildman–Crippen LogP) is 5.48. The van der Waals surface area contributed by atoms with E-state index in [1.165, 1.54) is 0 Å². The summed E-state index contributed by atoms with van der Waals surface area (Å²) in [7, 11) is 3.26. The lowest BCUT2D eigenvalue weighted by molar-refractivity contribution is 0.143. The Bertz CT molecular complexity index is 1080. The van der Waals surface area contributed by atoms with E-state index in [-0.39, 0.29) is 23.4 Å². The molecule has 31 heavy (non-hydrogen) atoms. The van der Waals surface area contributed by atoms with Gasteiger partial charge < -0.3 is 14.4 Å². The third kappa shape index (κ3) is 3.04. The molecule has 2 aromatic carbocycles. The van der Waals surface area contributed by atoms with Gasteiger partial charge >= 0.3 is 0 Å². The lowest BCUT2D eigenvalue weighted by Gasteiger charge is -2.37. The molecule has 2 aliphatic rings. The van der Waals surface area contributed by atoms with Gasteiger partial charge in [-0.2, -0.15) is 10.5 Å². The van der Waals surface area contributed by atoms with Crippen molar-refractivity contribution >= 4 is 6.08 Å². The van der Waals surface area contributed by atoms with Crippen LogP contribution in [-0.4, -0.2) is 19.1 Å². The molecule has 0 aliphatic carbocycles. The molecule has 0 amide bonds. The number of hydrogen-bond acceptors (Lipinski definition) is 5. The Morgan fingerprint density at radius 2 is 1.58 bits per heavy atom. The maximum Gasteiger partial charge on any atom is 0.173 e. The second-order valence-electron chi connectivity index (χ2n) is 9.32. The summed E-state index contributed by atoms with van der Waals surface area (Å²) >= 11 is 0. The molecule has 0 N–H and O–H groups in total. The van der Waals surface area contributed by atoms with Crippen LogP contribution >= 0.6 is 0 Å². The molecular formula is C26H27N3O2. The first-order valence-electron chi connectivity index (χ1n) is 10.4. The molecular weight excluding hydrogens is 386 g/mol. The molecule has 0 saturated carbocycles. The summed E-state index contributed by atoms with van der Waals surface area (Å²) in [4.78, 5) is 2.19. The molecule has 3 unspecified atom stereocenters. The summed E-state index contributed by atoms with van der Waals surface area (Å²) in [6.45, 7) is 6.33. The highest BCUT2D eigenvalue weighted by atomic mass is 16.5. The summed E-state index contributed by atoms with van der Waals surface area (Å²) in [6, 6.07) is 18.3. The second-order valence-corrected chi connectivity index (χ2v) is 9.32. The van der Waals surface area contributed by atoms with Crippen LogP contribution in [0.1, 0.15) is 49.5 Å². The van der Waals surface area contributed by atoms with Gasteiger partial charge in [0.2, 0.25) is 0 Å². The zero-order chi connectivity index (χ0) is 22.4. The van der Waals surface area contributed by atoms with Crippen molar-refractivity contribution in [3.8, 4) is 23.6 Å². The number of methoxy groups -OCH3 is 2. The molecule has 2 aliphatic heterocycles. The van der Waals surface area contributed by atoms with Crippen molar-refractivity contribution in [2.75, 3.05) is 14.2 Å². The highest BCUT2D eigenvalue weighted by molar-refractivity contribution is 5.60. The van der Waals surface area contributed by atoms with Crippen molar-refractivity contribution in [2.45, 2.75) is 32.9 Å². The number of hydrogen-bond donors (Lipinski definition) is 0. The topological polar surface area (TPSA) is 69.3 Å². The first-order chi connectivity index (χ1) is 14.8. The van der Waals surface area contributed by atoms with Crippen molar-refractivity contribution < 1.29 is 9.47 Å². The van der Waals surface area contributed by atoms with E-state index in [9.17, 15) is 10.5 Å². The standard InChI is InChI=1S/C26H27N3O2/c1-25(2,3)23-22(18-12-19(30-4)14-20(13-18)31-5)29-11-10-17-8-6-7-9-21(17)24(29)26(23,15-27)16-28/h6-14,22-24H,1-5H3. The Hall–Kier alpha value is -3.44. The first-order valence-corrected chi connectivity index (χ1v) is 10.4. The van der Waals surface area contributed by atoms with Crippen LogP contribution in [0, 0.1) is 39.4 Å². The Kier molecular flexibility index (Phi) is 4.94. The highest BCUT2D eigenvalue weighted by Gasteiger charge is 2.64. The lowest BCUT2D eigenvalue weighted by Crippen LogP contribution is -2.38. The minimum absolute atomic E-state index is 0.196. The predicted molar refractivity (Wildman–Crippen MR) is 119 cm³/mol. The van der Waals surface area contributed by atoms with Crippen LogP contribution in [0.4, 0.5) is 0 Å². The zero-order valence-electron chi connectivity index (χ0n) is 18.6. The van der Waals surface area contributed by atoms with E-state index in [2.05, 4.69) is 43.9 Å². The smallest absolute Gasteiger partial charge is 0.173 e. The molecule has 158 valence electrons. The van der Waals surface area contributed by atoms with Crippen molar-refractivity contribution in [3.05, 3.63) is 65.4 Å². The van der Waals surface area contributed by atoms with Crippen LogP contribution in [0.15, 0.2) is 48.7 Å². The minimum atomic E-state index is -1.22. The van der Waals surface area contributed by atoms with Gasteiger partial charge in [0.15, 0.2) is 5.41 Å². The summed E-state index contributed by atoms with van der Waals surface area (Å²) in [5.41, 5.74) is 1.50. The third-order valence-corrected chi connectivity index (χ3v) is 6.59. The van der Waals surface area contributed by atoms with E-state index in [0.717, 1.165) is 16.7 Å². The Labute approximate surface area is 184 Å². The van der Waals surface area contributed by atoms with Crippen molar-refractivity contribution in [1.82, 2.24) is 4.90 Å². The molecule has 0 spiro atoms. The molecule has 0 radical (unpaired) electrons. The maximum atomic E-state index is 10.5. The summed E-state index contributed by atoms with van der Waals surface area (Å²) in [5, 5.41) is 21.0. The van der Waals surface area contributed by atoms with Gasteiger partial charge in [-0.1, -0.05) is 45.0 Å². The van der Waals surface area contributed by atoms with Crippen molar-refractivity contribution in [2.24, 2.45) is 16.7 Å². The van der Waals surface area contributed by atoms with Gasteiger partial charge in [-0.25, -0.2) is 0 Å². The van der Waals surface area contributed by atoms with E-state index in [1.54, 1.807) is 14.2 Å². The minimum Gasteiger partial charge on any atom is -0.497 e. The summed E-state index contributed by atoms with van der Waals surface area (Å²) in [6.07, 6.45) is 4.11. The van der Waals surface area contributed by atoms with E-state index in [1.807, 2.05) is 48.7 Å². The lowest BCUT2D eigenvalue weighted by atomic mass is 9.60. The molecule has 1 fully saturated rings. The monoisotopic (exact) mass is 413 g/mol. The largest absolute Gasteiger partial charge is 0.497 e. The van der Waals surface area contributed by atoms with Gasteiger partial charge in [-0.15, -0.1) is 0 Å². The van der Waals surface area contributed by atoms with Crippen LogP contribution in [0.5, 0.6) is 11.5 Å². The third-order valence-electron chi connectivity index (χ3n) is 6.59. The number of nitriles is 2. The maximum absolute atomic E-state index is 10.5. The fourth-order valence-corrected chi connectivity index (χ4v) is 5.46. The number of fused-ring (bicyclic) bond motifs is 3. The van der Waals surface area contributed by atoms with Crippen LogP contribution < -0.4 is 9.47 Å². The Morgan fingerprint density at radius 1 is 0.968 bits per heavy atom. The molecule has 5 nitrogen and oxygen atoms in total. The Morgan fingerprint density at radius 3 is 2.13 bits per heavy atom. The molecule has 4 rings (SSSR count). The molecule has 3 atom stereocenters. The van der Waals surface area contributed by atoms with E-state index < -0.39 is 5.41 Å². The number of rotatable bonds is 3. The average molecular weight is 414 g/mol. The normalized spacial score (nSPS) is 23.3.